The van der Waals surface area contributed by atoms with Crippen molar-refractivity contribution < 1.29 is 9.53 Å². The van der Waals surface area contributed by atoms with Gasteiger partial charge in [0.15, 0.2) is 0 Å². The molecule has 0 radical (unpaired) electrons. The van der Waals surface area contributed by atoms with Gasteiger partial charge in [-0.2, -0.15) is 0 Å². The zero-order valence-corrected chi connectivity index (χ0v) is 6.39. The number of carbonyl (C=O) groups excluding carboxylic acids is 1. The van der Waals surface area contributed by atoms with Crippen LogP contribution in [0.2, 0.25) is 0 Å². The van der Waals surface area contributed by atoms with Gasteiger partial charge in [0.05, 0.1) is 13.5 Å². The first kappa shape index (κ1) is 8.95. The van der Waals surface area contributed by atoms with Crippen molar-refractivity contribution in [1.29, 1.82) is 0 Å². The molecule has 2 nitrogen and oxygen atoms in total. The van der Waals surface area contributed by atoms with E-state index in [1.165, 1.54) is 7.11 Å². The summed E-state index contributed by atoms with van der Waals surface area (Å²) in [5.41, 5.74) is 0.991. The molecule has 0 heterocycles. The van der Waals surface area contributed by atoms with Crippen molar-refractivity contribution in [1.82, 2.24) is 0 Å². The molecule has 0 saturated carbocycles. The number of rotatable bonds is 3. The highest BCUT2D eigenvalue weighted by atomic mass is 16.5. The van der Waals surface area contributed by atoms with E-state index in [1.54, 1.807) is 12.2 Å². The summed E-state index contributed by atoms with van der Waals surface area (Å²) in [6, 6.07) is 0. The minimum atomic E-state index is -0.221. The van der Waals surface area contributed by atoms with E-state index in [4.69, 9.17) is 0 Å². The zero-order chi connectivity index (χ0) is 7.98. The standard InChI is InChI=1S/C8H12O2/c1-4-7(2)5-6-8(9)10-3/h4-5H,1,6H2,2-3H3. The van der Waals surface area contributed by atoms with E-state index in [2.05, 4.69) is 11.3 Å². The van der Waals surface area contributed by atoms with Crippen molar-refractivity contribution in [2.24, 2.45) is 0 Å². The van der Waals surface area contributed by atoms with Gasteiger partial charge < -0.3 is 4.74 Å². The number of ether oxygens (including phenoxy) is 1. The molecule has 0 N–H and O–H groups in total. The lowest BCUT2D eigenvalue weighted by Gasteiger charge is -1.92. The van der Waals surface area contributed by atoms with Gasteiger partial charge in [-0.15, -0.1) is 0 Å². The summed E-state index contributed by atoms with van der Waals surface area (Å²) < 4.78 is 4.43. The Kier molecular flexibility index (Phi) is 4.29. The molecule has 0 unspecified atom stereocenters. The number of esters is 1. The molecule has 0 aromatic carbocycles. The Morgan fingerprint density at radius 1 is 1.70 bits per heavy atom. The summed E-state index contributed by atoms with van der Waals surface area (Å²) in [5, 5.41) is 0. The molecule has 0 aliphatic carbocycles. The molecule has 2 heteroatoms. The maximum atomic E-state index is 10.5. The Morgan fingerprint density at radius 2 is 2.30 bits per heavy atom. The first-order valence-corrected chi connectivity index (χ1v) is 3.06. The fourth-order valence-corrected chi connectivity index (χ4v) is 0.411. The normalized spacial score (nSPS) is 10.8. The quantitative estimate of drug-likeness (QED) is 0.440. The third-order valence-electron chi connectivity index (χ3n) is 1.14. The van der Waals surface area contributed by atoms with Gasteiger partial charge in [0.25, 0.3) is 0 Å². The van der Waals surface area contributed by atoms with Crippen molar-refractivity contribution in [3.05, 3.63) is 24.3 Å². The van der Waals surface area contributed by atoms with Gasteiger partial charge in [-0.25, -0.2) is 0 Å². The van der Waals surface area contributed by atoms with Crippen LogP contribution >= 0.6 is 0 Å². The molecule has 0 aromatic rings. The van der Waals surface area contributed by atoms with Crippen molar-refractivity contribution in [3.8, 4) is 0 Å². The number of carbonyl (C=O) groups is 1. The molecule has 0 aliphatic rings. The lowest BCUT2D eigenvalue weighted by Crippen LogP contribution is -1.97. The average Bonchev–Trinajstić information content (AvgIpc) is 1.99. The number of hydrogen-bond acceptors (Lipinski definition) is 2. The van der Waals surface area contributed by atoms with Crippen LogP contribution in [0.3, 0.4) is 0 Å². The molecule has 0 rings (SSSR count). The Labute approximate surface area is 61.2 Å². The second kappa shape index (κ2) is 4.79. The molecular weight excluding hydrogens is 128 g/mol. The van der Waals surface area contributed by atoms with Crippen LogP contribution in [0.25, 0.3) is 0 Å². The maximum Gasteiger partial charge on any atom is 0.309 e. The van der Waals surface area contributed by atoms with E-state index in [1.807, 2.05) is 6.92 Å². The molecule has 0 fully saturated rings. The summed E-state index contributed by atoms with van der Waals surface area (Å²) in [6.45, 7) is 5.43. The Balaban J connectivity index is 3.71. The Bertz CT molecular complexity index is 157. The van der Waals surface area contributed by atoms with Crippen LogP contribution in [0.5, 0.6) is 0 Å². The molecule has 56 valence electrons. The Morgan fingerprint density at radius 3 is 2.70 bits per heavy atom. The first-order chi connectivity index (χ1) is 4.70. The van der Waals surface area contributed by atoms with Crippen LogP contribution in [-0.2, 0) is 9.53 Å². The molecule has 0 amide bonds. The summed E-state index contributed by atoms with van der Waals surface area (Å²) >= 11 is 0. The van der Waals surface area contributed by atoms with Crippen LogP contribution in [-0.4, -0.2) is 13.1 Å². The van der Waals surface area contributed by atoms with Gasteiger partial charge in [-0.1, -0.05) is 24.3 Å². The smallest absolute Gasteiger partial charge is 0.309 e. The van der Waals surface area contributed by atoms with E-state index >= 15 is 0 Å². The van der Waals surface area contributed by atoms with Crippen LogP contribution in [0, 0.1) is 0 Å². The molecule has 0 aliphatic heterocycles. The summed E-state index contributed by atoms with van der Waals surface area (Å²) in [4.78, 5) is 10.5. The SMILES string of the molecule is C=CC(C)=CCC(=O)OC. The predicted octanol–water partition coefficient (Wildman–Crippen LogP) is 1.68. The lowest BCUT2D eigenvalue weighted by molar-refractivity contribution is -0.139. The highest BCUT2D eigenvalue weighted by Gasteiger charge is 1.93. The lowest BCUT2D eigenvalue weighted by atomic mass is 10.2. The Hall–Kier alpha value is -1.05. The van der Waals surface area contributed by atoms with Crippen LogP contribution < -0.4 is 0 Å². The number of methoxy groups -OCH3 is 1. The highest BCUT2D eigenvalue weighted by molar-refractivity contribution is 5.71. The van der Waals surface area contributed by atoms with E-state index in [-0.39, 0.29) is 5.97 Å². The van der Waals surface area contributed by atoms with Gasteiger partial charge in [-0.05, 0) is 6.92 Å². The molecule has 0 aromatic heterocycles. The molecule has 0 saturated heterocycles. The second-order valence-electron chi connectivity index (χ2n) is 1.93. The van der Waals surface area contributed by atoms with Crippen LogP contribution in [0.1, 0.15) is 13.3 Å². The molecule has 0 atom stereocenters. The van der Waals surface area contributed by atoms with Crippen molar-refractivity contribution >= 4 is 5.97 Å². The summed E-state index contributed by atoms with van der Waals surface area (Å²) in [5.74, 6) is -0.221. The van der Waals surface area contributed by atoms with Gasteiger partial charge in [0.2, 0.25) is 0 Å². The summed E-state index contributed by atoms with van der Waals surface area (Å²) in [7, 11) is 1.37. The van der Waals surface area contributed by atoms with E-state index in [0.717, 1.165) is 5.57 Å². The summed E-state index contributed by atoms with van der Waals surface area (Å²) in [6.07, 6.45) is 3.80. The molecular formula is C8H12O2. The van der Waals surface area contributed by atoms with Gasteiger partial charge in [0, 0.05) is 0 Å². The van der Waals surface area contributed by atoms with E-state index < -0.39 is 0 Å². The van der Waals surface area contributed by atoms with Gasteiger partial charge >= 0.3 is 5.97 Å². The third-order valence-corrected chi connectivity index (χ3v) is 1.14. The van der Waals surface area contributed by atoms with Gasteiger partial charge in [0.1, 0.15) is 0 Å². The largest absolute Gasteiger partial charge is 0.469 e. The van der Waals surface area contributed by atoms with Crippen LogP contribution in [0.4, 0.5) is 0 Å². The van der Waals surface area contributed by atoms with Crippen molar-refractivity contribution in [2.75, 3.05) is 7.11 Å². The maximum absolute atomic E-state index is 10.5. The van der Waals surface area contributed by atoms with E-state index in [9.17, 15) is 4.79 Å². The van der Waals surface area contributed by atoms with Crippen molar-refractivity contribution in [2.45, 2.75) is 13.3 Å². The minimum absolute atomic E-state index is 0.221. The average molecular weight is 140 g/mol. The number of allylic oxidation sites excluding steroid dienone is 2. The fourth-order valence-electron chi connectivity index (χ4n) is 0.411. The highest BCUT2D eigenvalue weighted by Crippen LogP contribution is 1.96. The monoisotopic (exact) mass is 140 g/mol. The molecule has 0 bridgehead atoms. The van der Waals surface area contributed by atoms with Gasteiger partial charge in [-0.3, -0.25) is 4.79 Å². The minimum Gasteiger partial charge on any atom is -0.469 e. The fraction of sp³-hybridized carbons (Fsp3) is 0.375. The first-order valence-electron chi connectivity index (χ1n) is 3.06. The van der Waals surface area contributed by atoms with Crippen LogP contribution in [0.15, 0.2) is 24.3 Å². The zero-order valence-electron chi connectivity index (χ0n) is 6.39. The third kappa shape index (κ3) is 3.89. The number of hydrogen-bond donors (Lipinski definition) is 0. The van der Waals surface area contributed by atoms with E-state index in [0.29, 0.717) is 6.42 Å². The van der Waals surface area contributed by atoms with Crippen molar-refractivity contribution in [3.63, 3.8) is 0 Å². The topological polar surface area (TPSA) is 26.3 Å². The predicted molar refractivity (Wildman–Crippen MR) is 40.6 cm³/mol. The molecule has 0 spiro atoms. The molecule has 10 heavy (non-hydrogen) atoms. The second-order valence-corrected chi connectivity index (χ2v) is 1.93.